The summed E-state index contributed by atoms with van der Waals surface area (Å²) in [4.78, 5) is 17.8. The molecule has 0 spiro atoms. The summed E-state index contributed by atoms with van der Waals surface area (Å²) in [7, 11) is 1.57. The lowest BCUT2D eigenvalue weighted by molar-refractivity contribution is -0.140. The molecule has 2 heterocycles. The summed E-state index contributed by atoms with van der Waals surface area (Å²) in [5.41, 5.74) is 4.36. The van der Waals surface area contributed by atoms with Gasteiger partial charge in [-0.15, -0.1) is 5.10 Å². The van der Waals surface area contributed by atoms with E-state index in [1.165, 1.54) is 17.3 Å². The van der Waals surface area contributed by atoms with Gasteiger partial charge in [0, 0.05) is 23.6 Å². The van der Waals surface area contributed by atoms with Crippen molar-refractivity contribution in [1.82, 2.24) is 14.8 Å². The molecule has 1 aliphatic heterocycles. The van der Waals surface area contributed by atoms with Gasteiger partial charge in [-0.2, -0.15) is 4.98 Å². The van der Waals surface area contributed by atoms with Crippen LogP contribution in [0.1, 0.15) is 36.6 Å². The van der Waals surface area contributed by atoms with Crippen molar-refractivity contribution in [2.75, 3.05) is 25.6 Å². The fraction of sp³-hybridized carbons (Fsp3) is 0.320. The van der Waals surface area contributed by atoms with E-state index < -0.39 is 12.0 Å². The average molecular weight is 499 g/mol. The number of aromatic nitrogens is 3. The molecule has 7 nitrogen and oxygen atoms in total. The maximum absolute atomic E-state index is 13.1. The molecule has 4 rings (SSSR count). The molecule has 1 aromatic heterocycles. The number of thioether (sulfide) groups is 1. The van der Waals surface area contributed by atoms with Gasteiger partial charge in [0.15, 0.2) is 0 Å². The van der Waals surface area contributed by atoms with Gasteiger partial charge >= 0.3 is 5.97 Å². The number of nitrogens with zero attached hydrogens (tertiary/aromatic N) is 3. The normalized spacial score (nSPS) is 15.1. The van der Waals surface area contributed by atoms with Crippen molar-refractivity contribution in [1.29, 1.82) is 0 Å². The van der Waals surface area contributed by atoms with Crippen LogP contribution in [0, 0.1) is 0 Å². The standard InChI is InChI=1S/C25H27ClN4O3S/c1-4-17-9-11-18(12-10-17)22-21(23(31)33-14-13-32-3)16(2)27-24-28-25(29-30(22)24)34-15-19-7-5-6-8-20(19)26/h5-12,22H,4,13-15H2,1-3H3,(H,27,28,29). The number of allylic oxidation sites excluding steroid dienone is 1. The first kappa shape index (κ1) is 24.3. The van der Waals surface area contributed by atoms with E-state index in [1.807, 2.05) is 43.3 Å². The number of carbonyl (C=O) groups excluding carboxylic acids is 1. The van der Waals surface area contributed by atoms with Crippen LogP contribution in [0.5, 0.6) is 0 Å². The van der Waals surface area contributed by atoms with Crippen molar-refractivity contribution in [3.05, 3.63) is 81.5 Å². The molecule has 1 unspecified atom stereocenters. The van der Waals surface area contributed by atoms with E-state index in [4.69, 9.17) is 26.2 Å². The Kier molecular flexibility index (Phi) is 7.92. The Balaban J connectivity index is 1.66. The summed E-state index contributed by atoms with van der Waals surface area (Å²) < 4.78 is 12.3. The number of hydrogen-bond acceptors (Lipinski definition) is 7. The molecule has 0 bridgehead atoms. The molecule has 1 atom stereocenters. The van der Waals surface area contributed by atoms with Crippen LogP contribution < -0.4 is 5.32 Å². The van der Waals surface area contributed by atoms with Gasteiger partial charge < -0.3 is 14.8 Å². The van der Waals surface area contributed by atoms with E-state index in [2.05, 4.69) is 29.4 Å². The van der Waals surface area contributed by atoms with Gasteiger partial charge in [-0.25, -0.2) is 9.48 Å². The zero-order valence-electron chi connectivity index (χ0n) is 19.4. The Morgan fingerprint density at radius 1 is 1.18 bits per heavy atom. The SMILES string of the molecule is CCc1ccc(C2C(C(=O)OCCOC)=C(C)Nc3nc(SCc4ccccc4Cl)nn32)cc1. The second-order valence-electron chi connectivity index (χ2n) is 7.83. The monoisotopic (exact) mass is 498 g/mol. The number of rotatable bonds is 9. The van der Waals surface area contributed by atoms with Crippen LogP contribution >= 0.6 is 23.4 Å². The lowest BCUT2D eigenvalue weighted by Crippen LogP contribution is -2.30. The Morgan fingerprint density at radius 3 is 2.65 bits per heavy atom. The van der Waals surface area contributed by atoms with E-state index >= 15 is 0 Å². The number of anilines is 1. The molecule has 0 radical (unpaired) electrons. The summed E-state index contributed by atoms with van der Waals surface area (Å²) >= 11 is 7.80. The molecule has 0 saturated carbocycles. The summed E-state index contributed by atoms with van der Waals surface area (Å²) in [5.74, 6) is 0.812. The molecule has 0 amide bonds. The molecule has 178 valence electrons. The van der Waals surface area contributed by atoms with Crippen LogP contribution in [0.3, 0.4) is 0 Å². The smallest absolute Gasteiger partial charge is 0.338 e. The summed E-state index contributed by atoms with van der Waals surface area (Å²) in [6.45, 7) is 4.48. The topological polar surface area (TPSA) is 78.3 Å². The summed E-state index contributed by atoms with van der Waals surface area (Å²) in [6, 6.07) is 15.5. The van der Waals surface area contributed by atoms with Crippen molar-refractivity contribution < 1.29 is 14.3 Å². The Hall–Kier alpha value is -2.81. The number of hydrogen-bond donors (Lipinski definition) is 1. The fourth-order valence-electron chi connectivity index (χ4n) is 3.75. The molecule has 2 aromatic carbocycles. The van der Waals surface area contributed by atoms with Gasteiger partial charge in [0.25, 0.3) is 0 Å². The second kappa shape index (κ2) is 11.1. The molecule has 0 fully saturated rings. The van der Waals surface area contributed by atoms with E-state index in [-0.39, 0.29) is 6.61 Å². The molecular formula is C25H27ClN4O3S. The van der Waals surface area contributed by atoms with Gasteiger partial charge in [0.2, 0.25) is 11.1 Å². The highest BCUT2D eigenvalue weighted by Crippen LogP contribution is 2.37. The van der Waals surface area contributed by atoms with Crippen LogP contribution in [0.4, 0.5) is 5.95 Å². The number of fused-ring (bicyclic) bond motifs is 1. The average Bonchev–Trinajstić information content (AvgIpc) is 3.25. The van der Waals surface area contributed by atoms with Crippen molar-refractivity contribution in [3.8, 4) is 0 Å². The predicted octanol–water partition coefficient (Wildman–Crippen LogP) is 5.26. The Labute approximate surface area is 208 Å². The molecule has 0 aliphatic carbocycles. The highest BCUT2D eigenvalue weighted by atomic mass is 35.5. The van der Waals surface area contributed by atoms with E-state index in [1.54, 1.807) is 11.8 Å². The number of ether oxygens (including phenoxy) is 2. The van der Waals surface area contributed by atoms with Crippen molar-refractivity contribution >= 4 is 35.3 Å². The molecule has 9 heteroatoms. The lowest BCUT2D eigenvalue weighted by Gasteiger charge is -2.28. The predicted molar refractivity (Wildman–Crippen MR) is 134 cm³/mol. The third-order valence-electron chi connectivity index (χ3n) is 5.59. The van der Waals surface area contributed by atoms with Crippen molar-refractivity contribution in [3.63, 3.8) is 0 Å². The van der Waals surface area contributed by atoms with Crippen LogP contribution in [0.15, 0.2) is 65.0 Å². The van der Waals surface area contributed by atoms with Gasteiger partial charge in [-0.1, -0.05) is 72.8 Å². The van der Waals surface area contributed by atoms with E-state index in [0.717, 1.165) is 17.5 Å². The third-order valence-corrected chi connectivity index (χ3v) is 6.85. The van der Waals surface area contributed by atoms with Crippen molar-refractivity contribution in [2.24, 2.45) is 0 Å². The largest absolute Gasteiger partial charge is 0.460 e. The van der Waals surface area contributed by atoms with Crippen LogP contribution in [-0.4, -0.2) is 41.1 Å². The first-order valence-electron chi connectivity index (χ1n) is 11.1. The first-order valence-corrected chi connectivity index (χ1v) is 12.4. The molecule has 1 N–H and O–H groups in total. The van der Waals surface area contributed by atoms with Crippen LogP contribution in [0.2, 0.25) is 5.02 Å². The minimum absolute atomic E-state index is 0.177. The summed E-state index contributed by atoms with van der Waals surface area (Å²) in [5, 5.41) is 9.30. The number of carbonyl (C=O) groups is 1. The van der Waals surface area contributed by atoms with Crippen LogP contribution in [-0.2, 0) is 26.4 Å². The number of nitrogens with one attached hydrogen (secondary N) is 1. The third kappa shape index (κ3) is 5.29. The van der Waals surface area contributed by atoms with Crippen molar-refractivity contribution in [2.45, 2.75) is 37.2 Å². The van der Waals surface area contributed by atoms with Gasteiger partial charge in [0.1, 0.15) is 12.6 Å². The second-order valence-corrected chi connectivity index (χ2v) is 9.18. The molecule has 1 aliphatic rings. The number of halogens is 1. The molecular weight excluding hydrogens is 472 g/mol. The zero-order chi connectivity index (χ0) is 24.1. The Morgan fingerprint density at radius 2 is 1.94 bits per heavy atom. The van der Waals surface area contributed by atoms with Crippen LogP contribution in [0.25, 0.3) is 0 Å². The van der Waals surface area contributed by atoms with Gasteiger partial charge in [-0.3, -0.25) is 0 Å². The number of benzene rings is 2. The fourth-order valence-corrected chi connectivity index (χ4v) is 4.87. The highest BCUT2D eigenvalue weighted by molar-refractivity contribution is 7.98. The van der Waals surface area contributed by atoms with E-state index in [9.17, 15) is 4.79 Å². The van der Waals surface area contributed by atoms with Gasteiger partial charge in [0.05, 0.1) is 12.2 Å². The van der Waals surface area contributed by atoms with E-state index in [0.29, 0.717) is 39.8 Å². The Bertz CT molecular complexity index is 1190. The lowest BCUT2D eigenvalue weighted by atomic mass is 9.95. The number of aryl methyl sites for hydroxylation is 1. The molecule has 34 heavy (non-hydrogen) atoms. The summed E-state index contributed by atoms with van der Waals surface area (Å²) in [6.07, 6.45) is 0.935. The quantitative estimate of drug-likeness (QED) is 0.245. The highest BCUT2D eigenvalue weighted by Gasteiger charge is 2.35. The molecule has 0 saturated heterocycles. The maximum atomic E-state index is 13.1. The minimum Gasteiger partial charge on any atom is -0.460 e. The molecule has 3 aromatic rings. The maximum Gasteiger partial charge on any atom is 0.338 e. The van der Waals surface area contributed by atoms with Gasteiger partial charge in [-0.05, 0) is 36.1 Å². The minimum atomic E-state index is -0.459. The first-order chi connectivity index (χ1) is 16.5. The number of methoxy groups -OCH3 is 1. The zero-order valence-corrected chi connectivity index (χ0v) is 20.9. The number of esters is 1.